The number of alkyl halides is 1. The molecule has 0 fully saturated rings. The summed E-state index contributed by atoms with van der Waals surface area (Å²) in [7, 11) is 2.87. The van der Waals surface area contributed by atoms with Crippen LogP contribution in [0.2, 0.25) is 0 Å². The zero-order valence-electron chi connectivity index (χ0n) is 16.3. The van der Waals surface area contributed by atoms with Crippen molar-refractivity contribution in [3.63, 3.8) is 0 Å². The third kappa shape index (κ3) is 4.90. The molecule has 3 aromatic rings. The average molecular weight is 413 g/mol. The first kappa shape index (κ1) is 20.8. The summed E-state index contributed by atoms with van der Waals surface area (Å²) in [6.45, 7) is -0.859. The van der Waals surface area contributed by atoms with Crippen LogP contribution >= 0.6 is 0 Å². The molecule has 0 saturated carbocycles. The molecule has 0 radical (unpaired) electrons. The number of hydrogen-bond acceptors (Lipinski definition) is 6. The minimum atomic E-state index is -1.03. The zero-order chi connectivity index (χ0) is 21.5. The Morgan fingerprint density at radius 2 is 1.77 bits per heavy atom. The van der Waals surface area contributed by atoms with E-state index >= 15 is 0 Å². The number of aromatic nitrogens is 3. The van der Waals surface area contributed by atoms with Gasteiger partial charge in [-0.05, 0) is 17.7 Å². The number of nitrogens with one attached hydrogen (secondary N) is 2. The average Bonchev–Trinajstić information content (AvgIpc) is 3.13. The monoisotopic (exact) mass is 413 g/mol. The molecule has 1 heterocycles. The summed E-state index contributed by atoms with van der Waals surface area (Å²) in [5.74, 6) is 0.277. The van der Waals surface area contributed by atoms with Crippen LogP contribution in [-0.4, -0.2) is 41.0 Å². The first-order valence-corrected chi connectivity index (χ1v) is 8.95. The number of halogens is 1. The largest absolute Gasteiger partial charge is 0.453 e. The van der Waals surface area contributed by atoms with Crippen molar-refractivity contribution in [2.45, 2.75) is 6.10 Å². The molecule has 0 spiro atoms. The first-order valence-electron chi connectivity index (χ1n) is 8.95. The molecule has 0 aliphatic heterocycles. The van der Waals surface area contributed by atoms with Gasteiger partial charge in [0.15, 0.2) is 11.9 Å². The van der Waals surface area contributed by atoms with E-state index in [0.29, 0.717) is 22.5 Å². The third-order valence-electron chi connectivity index (χ3n) is 4.20. The molecule has 0 aliphatic rings. The van der Waals surface area contributed by atoms with E-state index in [-0.39, 0.29) is 5.82 Å². The second-order valence-corrected chi connectivity index (χ2v) is 6.19. The number of carbonyl (C=O) groups is 2. The molecular weight excluding hydrogens is 393 g/mol. The van der Waals surface area contributed by atoms with Gasteiger partial charge in [0, 0.05) is 18.3 Å². The van der Waals surface area contributed by atoms with Crippen LogP contribution in [0.3, 0.4) is 0 Å². The van der Waals surface area contributed by atoms with E-state index in [4.69, 9.17) is 4.74 Å². The van der Waals surface area contributed by atoms with Gasteiger partial charge < -0.3 is 9.47 Å². The first-order chi connectivity index (χ1) is 14.5. The van der Waals surface area contributed by atoms with Gasteiger partial charge in [-0.15, -0.1) is 5.10 Å². The maximum absolute atomic E-state index is 13.4. The van der Waals surface area contributed by atoms with Crippen molar-refractivity contribution < 1.29 is 23.5 Å². The predicted octanol–water partition coefficient (Wildman–Crippen LogP) is 3.92. The molecule has 0 bridgehead atoms. The molecule has 2 N–H and O–H groups in total. The number of ether oxygens (including phenoxy) is 2. The van der Waals surface area contributed by atoms with Crippen molar-refractivity contribution in [2.24, 2.45) is 7.05 Å². The Bertz CT molecular complexity index is 1010. The van der Waals surface area contributed by atoms with Crippen LogP contribution < -0.4 is 10.6 Å². The molecule has 0 unspecified atom stereocenters. The molecule has 2 amide bonds. The van der Waals surface area contributed by atoms with Crippen LogP contribution in [0.1, 0.15) is 11.7 Å². The van der Waals surface area contributed by atoms with Crippen molar-refractivity contribution in [1.29, 1.82) is 0 Å². The molecule has 1 aromatic heterocycles. The van der Waals surface area contributed by atoms with Gasteiger partial charge >= 0.3 is 12.2 Å². The topological polar surface area (TPSA) is 107 Å². The Kier molecular flexibility index (Phi) is 6.58. The normalized spacial score (nSPS) is 11.4. The fraction of sp³-hybridized carbons (Fsp3) is 0.200. The predicted molar refractivity (Wildman–Crippen MR) is 108 cm³/mol. The molecule has 1 atom stereocenters. The highest BCUT2D eigenvalue weighted by molar-refractivity contribution is 5.89. The lowest BCUT2D eigenvalue weighted by molar-refractivity contribution is 0.0928. The number of hydrogen-bond donors (Lipinski definition) is 2. The molecule has 156 valence electrons. The summed E-state index contributed by atoms with van der Waals surface area (Å²) in [5, 5.41) is 13.1. The lowest BCUT2D eigenvalue weighted by atomic mass is 10.1. The van der Waals surface area contributed by atoms with Crippen molar-refractivity contribution in [3.05, 3.63) is 60.2 Å². The van der Waals surface area contributed by atoms with Gasteiger partial charge in [0.2, 0.25) is 0 Å². The number of amides is 2. The number of carbonyl (C=O) groups excluding carboxylic acids is 2. The Balaban J connectivity index is 1.74. The summed E-state index contributed by atoms with van der Waals surface area (Å²) in [4.78, 5) is 23.7. The third-order valence-corrected chi connectivity index (χ3v) is 4.20. The zero-order valence-corrected chi connectivity index (χ0v) is 16.3. The van der Waals surface area contributed by atoms with Crippen LogP contribution in [0.15, 0.2) is 54.6 Å². The maximum Gasteiger partial charge on any atom is 0.413 e. The van der Waals surface area contributed by atoms with E-state index in [1.165, 1.54) is 11.8 Å². The van der Waals surface area contributed by atoms with E-state index in [1.807, 2.05) is 0 Å². The molecule has 0 aliphatic carbocycles. The van der Waals surface area contributed by atoms with Gasteiger partial charge in [0.1, 0.15) is 12.4 Å². The maximum atomic E-state index is 13.4. The summed E-state index contributed by atoms with van der Waals surface area (Å²) in [5.41, 5.74) is 2.10. The van der Waals surface area contributed by atoms with Gasteiger partial charge in [-0.25, -0.2) is 18.7 Å². The molecule has 2 aromatic carbocycles. The van der Waals surface area contributed by atoms with Crippen LogP contribution in [0.25, 0.3) is 11.3 Å². The van der Waals surface area contributed by atoms with Gasteiger partial charge in [-0.3, -0.25) is 10.6 Å². The van der Waals surface area contributed by atoms with Crippen molar-refractivity contribution >= 4 is 23.7 Å². The van der Waals surface area contributed by atoms with Crippen LogP contribution in [0, 0.1) is 0 Å². The quantitative estimate of drug-likeness (QED) is 0.634. The summed E-state index contributed by atoms with van der Waals surface area (Å²) < 4.78 is 24.5. The van der Waals surface area contributed by atoms with Crippen molar-refractivity contribution in [1.82, 2.24) is 15.0 Å². The molecule has 30 heavy (non-hydrogen) atoms. The van der Waals surface area contributed by atoms with Gasteiger partial charge in [0.05, 0.1) is 7.11 Å². The lowest BCUT2D eigenvalue weighted by Gasteiger charge is -2.16. The smallest absolute Gasteiger partial charge is 0.413 e. The Morgan fingerprint density at radius 3 is 2.40 bits per heavy atom. The summed E-state index contributed by atoms with van der Waals surface area (Å²) in [6, 6.07) is 15.3. The second kappa shape index (κ2) is 9.50. The number of benzene rings is 2. The van der Waals surface area contributed by atoms with E-state index in [1.54, 1.807) is 61.6 Å². The molecule has 0 saturated heterocycles. The highest BCUT2D eigenvalue weighted by atomic mass is 19.1. The fourth-order valence-electron chi connectivity index (χ4n) is 2.68. The number of rotatable bonds is 6. The molecular formula is C20H20FN5O4. The Morgan fingerprint density at radius 1 is 1.07 bits per heavy atom. The summed E-state index contributed by atoms with van der Waals surface area (Å²) >= 11 is 0. The van der Waals surface area contributed by atoms with Crippen LogP contribution in [0.5, 0.6) is 0 Å². The Labute approximate surface area is 171 Å². The van der Waals surface area contributed by atoms with E-state index in [0.717, 1.165) is 0 Å². The van der Waals surface area contributed by atoms with Gasteiger partial charge in [-0.1, -0.05) is 47.7 Å². The van der Waals surface area contributed by atoms with Crippen molar-refractivity contribution in [3.8, 4) is 11.3 Å². The van der Waals surface area contributed by atoms with Gasteiger partial charge in [0.25, 0.3) is 0 Å². The lowest BCUT2D eigenvalue weighted by Crippen LogP contribution is -2.20. The van der Waals surface area contributed by atoms with Crippen LogP contribution in [-0.2, 0) is 16.5 Å². The standard InChI is InChI=1S/C20H20FN5O4/c1-26-18(23-20(28)30-16(12-21)13-6-4-3-5-7-13)17(24-25-26)14-8-10-15(11-9-14)22-19(27)29-2/h3-11,16H,12H2,1-2H3,(H,22,27)(H,23,28)/t16-/m1/s1. The minimum Gasteiger partial charge on any atom is -0.453 e. The van der Waals surface area contributed by atoms with Crippen molar-refractivity contribution in [2.75, 3.05) is 24.4 Å². The minimum absolute atomic E-state index is 0.277. The summed E-state index contributed by atoms with van der Waals surface area (Å²) in [6.07, 6.45) is -2.45. The highest BCUT2D eigenvalue weighted by Crippen LogP contribution is 2.27. The van der Waals surface area contributed by atoms with E-state index < -0.39 is 25.0 Å². The van der Waals surface area contributed by atoms with Crippen LogP contribution in [0.4, 0.5) is 25.5 Å². The molecule has 3 rings (SSSR count). The number of nitrogens with zero attached hydrogens (tertiary/aromatic N) is 3. The van der Waals surface area contributed by atoms with E-state index in [9.17, 15) is 14.0 Å². The van der Waals surface area contributed by atoms with E-state index in [2.05, 4.69) is 25.7 Å². The Hall–Kier alpha value is -3.95. The fourth-order valence-corrected chi connectivity index (χ4v) is 2.68. The number of anilines is 2. The van der Waals surface area contributed by atoms with Gasteiger partial charge in [-0.2, -0.15) is 0 Å². The second-order valence-electron chi connectivity index (χ2n) is 6.19. The number of methoxy groups -OCH3 is 1. The number of aryl methyl sites for hydroxylation is 1. The molecule has 10 heteroatoms. The molecule has 9 nitrogen and oxygen atoms in total. The highest BCUT2D eigenvalue weighted by Gasteiger charge is 2.20. The SMILES string of the molecule is COC(=O)Nc1ccc(-c2nnn(C)c2NC(=O)O[C@H](CF)c2ccccc2)cc1.